The summed E-state index contributed by atoms with van der Waals surface area (Å²) in [6, 6.07) is 5.91. The molecule has 1 aliphatic heterocycles. The molecule has 3 aromatic rings. The molecule has 0 spiro atoms. The summed E-state index contributed by atoms with van der Waals surface area (Å²) in [6.45, 7) is 2.06. The monoisotopic (exact) mass is 404 g/mol. The molecule has 0 saturated heterocycles. The van der Waals surface area contributed by atoms with E-state index >= 15 is 0 Å². The van der Waals surface area contributed by atoms with Gasteiger partial charge >= 0.3 is 6.03 Å². The van der Waals surface area contributed by atoms with Gasteiger partial charge in [-0.25, -0.2) is 18.6 Å². The van der Waals surface area contributed by atoms with Crippen molar-refractivity contribution in [2.75, 3.05) is 5.32 Å². The highest BCUT2D eigenvalue weighted by Gasteiger charge is 2.33. The van der Waals surface area contributed by atoms with Crippen molar-refractivity contribution in [2.24, 2.45) is 0 Å². The molecule has 144 valence electrons. The van der Waals surface area contributed by atoms with Crippen LogP contribution in [0.4, 0.5) is 19.3 Å². The Morgan fingerprint density at radius 1 is 1.32 bits per heavy atom. The molecule has 3 heterocycles. The zero-order valence-corrected chi connectivity index (χ0v) is 15.5. The van der Waals surface area contributed by atoms with Crippen LogP contribution in [0.15, 0.2) is 41.1 Å². The van der Waals surface area contributed by atoms with Crippen LogP contribution in [0.5, 0.6) is 0 Å². The standard InChI is InChI=1S/C19H15ClF2N4O2/c1-10-6-16-14(18(28-25-16)13-3-2-11(21)7-15(13)22)9-26(10)19(27)24-12-4-5-23-17(20)8-12/h2-5,7-8,10H,6,9H2,1H3,(H,23,24,27). The summed E-state index contributed by atoms with van der Waals surface area (Å²) in [5.74, 6) is -1.23. The summed E-state index contributed by atoms with van der Waals surface area (Å²) < 4.78 is 32.8. The van der Waals surface area contributed by atoms with Crippen LogP contribution in [0.1, 0.15) is 18.2 Å². The molecular formula is C19H15ClF2N4O2. The molecule has 0 saturated carbocycles. The minimum Gasteiger partial charge on any atom is -0.356 e. The number of fused-ring (bicyclic) bond motifs is 1. The molecule has 2 amide bonds. The highest BCUT2D eigenvalue weighted by molar-refractivity contribution is 6.29. The SMILES string of the molecule is CC1Cc2noc(-c3ccc(F)cc3F)c2CN1C(=O)Nc1ccnc(Cl)c1. The van der Waals surface area contributed by atoms with Gasteiger partial charge in [-0.15, -0.1) is 0 Å². The van der Waals surface area contributed by atoms with Gasteiger partial charge < -0.3 is 14.7 Å². The van der Waals surface area contributed by atoms with E-state index in [9.17, 15) is 13.6 Å². The third-order valence-electron chi connectivity index (χ3n) is 4.63. The van der Waals surface area contributed by atoms with E-state index in [-0.39, 0.29) is 35.1 Å². The van der Waals surface area contributed by atoms with Gasteiger partial charge in [-0.2, -0.15) is 0 Å². The molecule has 0 bridgehead atoms. The Hall–Kier alpha value is -3.00. The molecule has 4 rings (SSSR count). The summed E-state index contributed by atoms with van der Waals surface area (Å²) in [6.07, 6.45) is 1.94. The Balaban J connectivity index is 1.62. The number of hydrogen-bond acceptors (Lipinski definition) is 4. The first kappa shape index (κ1) is 18.4. The molecule has 9 heteroatoms. The fourth-order valence-corrected chi connectivity index (χ4v) is 3.39. The lowest BCUT2D eigenvalue weighted by Crippen LogP contribution is -2.44. The molecule has 28 heavy (non-hydrogen) atoms. The largest absolute Gasteiger partial charge is 0.356 e. The molecule has 1 aromatic carbocycles. The molecule has 1 aliphatic rings. The fraction of sp³-hybridized carbons (Fsp3) is 0.211. The maximum Gasteiger partial charge on any atom is 0.322 e. The molecule has 1 N–H and O–H groups in total. The van der Waals surface area contributed by atoms with Crippen LogP contribution in [-0.2, 0) is 13.0 Å². The third kappa shape index (κ3) is 3.43. The first-order valence-electron chi connectivity index (χ1n) is 8.54. The lowest BCUT2D eigenvalue weighted by Gasteiger charge is -2.32. The number of carbonyl (C=O) groups excluding carboxylic acids is 1. The van der Waals surface area contributed by atoms with E-state index < -0.39 is 11.6 Å². The van der Waals surface area contributed by atoms with Crippen molar-refractivity contribution in [2.45, 2.75) is 25.9 Å². The second-order valence-electron chi connectivity index (χ2n) is 6.54. The minimum atomic E-state index is -0.750. The van der Waals surface area contributed by atoms with Crippen LogP contribution in [0.25, 0.3) is 11.3 Å². The van der Waals surface area contributed by atoms with Crippen LogP contribution in [-0.4, -0.2) is 27.1 Å². The van der Waals surface area contributed by atoms with Gasteiger partial charge in [0.15, 0.2) is 5.76 Å². The maximum atomic E-state index is 14.2. The molecule has 1 atom stereocenters. The van der Waals surface area contributed by atoms with Gasteiger partial charge in [-0.3, -0.25) is 0 Å². The fourth-order valence-electron chi connectivity index (χ4n) is 3.21. The zero-order chi connectivity index (χ0) is 19.8. The van der Waals surface area contributed by atoms with E-state index in [0.29, 0.717) is 23.4 Å². The van der Waals surface area contributed by atoms with Crippen molar-refractivity contribution in [1.29, 1.82) is 0 Å². The predicted octanol–water partition coefficient (Wildman–Crippen LogP) is 4.65. The van der Waals surface area contributed by atoms with Crippen molar-refractivity contribution in [3.05, 3.63) is 64.6 Å². The van der Waals surface area contributed by atoms with Crippen LogP contribution in [0.3, 0.4) is 0 Å². The number of aromatic nitrogens is 2. The number of benzene rings is 1. The van der Waals surface area contributed by atoms with Gasteiger partial charge in [-0.1, -0.05) is 16.8 Å². The lowest BCUT2D eigenvalue weighted by atomic mass is 9.97. The summed E-state index contributed by atoms with van der Waals surface area (Å²) in [5, 5.41) is 7.05. The van der Waals surface area contributed by atoms with Gasteiger partial charge in [0.05, 0.1) is 17.8 Å². The van der Waals surface area contributed by atoms with Crippen molar-refractivity contribution in [3.8, 4) is 11.3 Å². The second kappa shape index (κ2) is 7.20. The number of nitrogens with zero attached hydrogens (tertiary/aromatic N) is 3. The number of amides is 2. The molecule has 2 aromatic heterocycles. The quantitative estimate of drug-likeness (QED) is 0.631. The average Bonchev–Trinajstić information content (AvgIpc) is 3.03. The first-order valence-corrected chi connectivity index (χ1v) is 8.92. The van der Waals surface area contributed by atoms with Crippen LogP contribution in [0, 0.1) is 11.6 Å². The summed E-state index contributed by atoms with van der Waals surface area (Å²) in [7, 11) is 0. The van der Waals surface area contributed by atoms with Crippen molar-refractivity contribution < 1.29 is 18.1 Å². The number of halogens is 3. The third-order valence-corrected chi connectivity index (χ3v) is 4.84. The summed E-state index contributed by atoms with van der Waals surface area (Å²) in [5.41, 5.74) is 1.87. The first-order chi connectivity index (χ1) is 13.4. The van der Waals surface area contributed by atoms with Gasteiger partial charge in [0.1, 0.15) is 16.8 Å². The summed E-state index contributed by atoms with van der Waals surface area (Å²) >= 11 is 5.85. The Morgan fingerprint density at radius 2 is 2.14 bits per heavy atom. The lowest BCUT2D eigenvalue weighted by molar-refractivity contribution is 0.182. The maximum absolute atomic E-state index is 14.2. The summed E-state index contributed by atoms with van der Waals surface area (Å²) in [4.78, 5) is 18.2. The van der Waals surface area contributed by atoms with E-state index in [1.807, 2.05) is 6.92 Å². The number of anilines is 1. The Morgan fingerprint density at radius 3 is 2.89 bits per heavy atom. The highest BCUT2D eigenvalue weighted by atomic mass is 35.5. The Kier molecular flexibility index (Phi) is 4.72. The highest BCUT2D eigenvalue weighted by Crippen LogP contribution is 2.34. The van der Waals surface area contributed by atoms with E-state index in [1.54, 1.807) is 11.0 Å². The van der Waals surface area contributed by atoms with Crippen LogP contribution in [0.2, 0.25) is 5.15 Å². The molecular weight excluding hydrogens is 390 g/mol. The van der Waals surface area contributed by atoms with E-state index in [4.69, 9.17) is 16.1 Å². The smallest absolute Gasteiger partial charge is 0.322 e. The molecule has 0 fully saturated rings. The Bertz CT molecular complexity index is 1060. The van der Waals surface area contributed by atoms with Crippen molar-refractivity contribution in [3.63, 3.8) is 0 Å². The average molecular weight is 405 g/mol. The number of rotatable bonds is 2. The van der Waals surface area contributed by atoms with E-state index in [2.05, 4.69) is 15.5 Å². The Labute approximate surface area is 164 Å². The zero-order valence-electron chi connectivity index (χ0n) is 14.7. The predicted molar refractivity (Wildman–Crippen MR) is 98.8 cm³/mol. The molecule has 6 nitrogen and oxygen atoms in total. The van der Waals surface area contributed by atoms with Crippen molar-refractivity contribution >= 4 is 23.3 Å². The van der Waals surface area contributed by atoms with Crippen molar-refractivity contribution in [1.82, 2.24) is 15.0 Å². The topological polar surface area (TPSA) is 71.3 Å². The van der Waals surface area contributed by atoms with Gasteiger partial charge in [0.2, 0.25) is 0 Å². The van der Waals surface area contributed by atoms with Gasteiger partial charge in [0.25, 0.3) is 0 Å². The number of pyridine rings is 1. The normalized spacial score (nSPS) is 16.0. The number of hydrogen-bond donors (Lipinski definition) is 1. The number of urea groups is 1. The van der Waals surface area contributed by atoms with Crippen LogP contribution < -0.4 is 5.32 Å². The van der Waals surface area contributed by atoms with E-state index in [0.717, 1.165) is 12.1 Å². The van der Waals surface area contributed by atoms with Gasteiger partial charge in [-0.05, 0) is 31.2 Å². The van der Waals surface area contributed by atoms with E-state index in [1.165, 1.54) is 18.3 Å². The minimum absolute atomic E-state index is 0.103. The molecule has 0 radical (unpaired) electrons. The number of nitrogens with one attached hydrogen (secondary N) is 1. The number of carbonyl (C=O) groups is 1. The van der Waals surface area contributed by atoms with Crippen LogP contribution >= 0.6 is 11.6 Å². The molecule has 1 unspecified atom stereocenters. The van der Waals surface area contributed by atoms with Gasteiger partial charge in [0, 0.05) is 36.0 Å². The molecule has 0 aliphatic carbocycles. The second-order valence-corrected chi connectivity index (χ2v) is 6.93.